The molecule has 0 aliphatic heterocycles. The largest absolute Gasteiger partial charge is 0.290 e. The lowest BCUT2D eigenvalue weighted by molar-refractivity contribution is -0.122. The second-order valence-corrected chi connectivity index (χ2v) is 6.42. The van der Waals surface area contributed by atoms with Gasteiger partial charge in [-0.1, -0.05) is 18.2 Å². The number of nitrogens with zero attached hydrogens (tertiary/aromatic N) is 4. The number of aromatic nitrogens is 4. The fraction of sp³-hybridized carbons (Fsp3) is 0.316. The molecule has 2 heterocycles. The van der Waals surface area contributed by atoms with Crippen molar-refractivity contribution in [2.24, 2.45) is 0 Å². The molecule has 3 rings (SSSR count). The highest BCUT2D eigenvalue weighted by Crippen LogP contribution is 2.13. The number of amides is 2. The molecule has 2 N–H and O–H groups in total. The van der Waals surface area contributed by atoms with Gasteiger partial charge in [0.1, 0.15) is 0 Å². The Hall–Kier alpha value is -3.49. The van der Waals surface area contributed by atoms with Crippen LogP contribution >= 0.6 is 0 Å². The maximum absolute atomic E-state index is 12.6. The molecule has 0 radical (unpaired) electrons. The molecule has 0 fully saturated rings. The SMILES string of the molecule is CCn1nc(C(=O)NNC(=O)CCn2nc(C)cc2C)c2ccccc2c1=O. The zero-order valence-electron chi connectivity index (χ0n) is 16.0. The minimum Gasteiger partial charge on any atom is -0.273 e. The molecule has 0 atom stereocenters. The van der Waals surface area contributed by atoms with Crippen LogP contribution in [0.5, 0.6) is 0 Å². The van der Waals surface area contributed by atoms with E-state index in [1.807, 2.05) is 19.9 Å². The van der Waals surface area contributed by atoms with Gasteiger partial charge in [-0.25, -0.2) is 4.68 Å². The van der Waals surface area contributed by atoms with Gasteiger partial charge in [-0.05, 0) is 32.9 Å². The molecule has 3 aromatic rings. The van der Waals surface area contributed by atoms with E-state index in [0.717, 1.165) is 11.4 Å². The van der Waals surface area contributed by atoms with Crippen molar-refractivity contribution < 1.29 is 9.59 Å². The number of hydrogen-bond acceptors (Lipinski definition) is 5. The van der Waals surface area contributed by atoms with E-state index >= 15 is 0 Å². The normalized spacial score (nSPS) is 10.8. The Morgan fingerprint density at radius 3 is 2.39 bits per heavy atom. The van der Waals surface area contributed by atoms with Crippen molar-refractivity contribution in [1.29, 1.82) is 0 Å². The lowest BCUT2D eigenvalue weighted by Gasteiger charge is -2.11. The minimum absolute atomic E-state index is 0.0795. The second-order valence-electron chi connectivity index (χ2n) is 6.42. The molecule has 1 aromatic carbocycles. The van der Waals surface area contributed by atoms with Gasteiger partial charge in [0.05, 0.1) is 17.6 Å². The third kappa shape index (κ3) is 3.93. The number of rotatable bonds is 5. The first-order valence-corrected chi connectivity index (χ1v) is 9.00. The number of hydrazine groups is 1. The van der Waals surface area contributed by atoms with Crippen molar-refractivity contribution in [3.05, 3.63) is 57.8 Å². The van der Waals surface area contributed by atoms with Crippen LogP contribution in [0.25, 0.3) is 10.8 Å². The smallest absolute Gasteiger partial charge is 0.273 e. The summed E-state index contributed by atoms with van der Waals surface area (Å²) in [6.45, 7) is 6.31. The molecule has 0 saturated heterocycles. The third-order valence-electron chi connectivity index (χ3n) is 4.35. The van der Waals surface area contributed by atoms with E-state index in [1.165, 1.54) is 4.68 Å². The van der Waals surface area contributed by atoms with Crippen LogP contribution in [0.4, 0.5) is 0 Å². The molecule has 9 nitrogen and oxygen atoms in total. The molecular weight excluding hydrogens is 360 g/mol. The van der Waals surface area contributed by atoms with Crippen LogP contribution in [-0.4, -0.2) is 31.4 Å². The fourth-order valence-electron chi connectivity index (χ4n) is 2.97. The molecular formula is C19H22N6O3. The summed E-state index contributed by atoms with van der Waals surface area (Å²) in [5, 5.41) is 9.26. The van der Waals surface area contributed by atoms with Gasteiger partial charge in [0.2, 0.25) is 5.91 Å². The average Bonchev–Trinajstić information content (AvgIpc) is 3.02. The first-order valence-electron chi connectivity index (χ1n) is 9.00. The Balaban J connectivity index is 1.69. The van der Waals surface area contributed by atoms with Gasteiger partial charge in [-0.2, -0.15) is 10.2 Å². The lowest BCUT2D eigenvalue weighted by atomic mass is 10.1. The van der Waals surface area contributed by atoms with Crippen LogP contribution in [0.15, 0.2) is 35.1 Å². The van der Waals surface area contributed by atoms with E-state index in [9.17, 15) is 14.4 Å². The summed E-state index contributed by atoms with van der Waals surface area (Å²) in [5.41, 5.74) is 6.43. The van der Waals surface area contributed by atoms with Gasteiger partial charge in [0, 0.05) is 24.0 Å². The molecule has 9 heteroatoms. The van der Waals surface area contributed by atoms with Crippen molar-refractivity contribution in [2.45, 2.75) is 40.3 Å². The quantitative estimate of drug-likeness (QED) is 0.642. The van der Waals surface area contributed by atoms with Crippen LogP contribution in [0.3, 0.4) is 0 Å². The number of nitrogens with one attached hydrogen (secondary N) is 2. The van der Waals surface area contributed by atoms with Crippen molar-refractivity contribution >= 4 is 22.6 Å². The third-order valence-corrected chi connectivity index (χ3v) is 4.35. The first-order chi connectivity index (χ1) is 13.4. The Labute approximate surface area is 161 Å². The maximum Gasteiger partial charge on any atom is 0.290 e. The van der Waals surface area contributed by atoms with E-state index in [1.54, 1.807) is 35.9 Å². The van der Waals surface area contributed by atoms with Crippen molar-refractivity contribution in [2.75, 3.05) is 0 Å². The Kier molecular flexibility index (Phi) is 5.53. The predicted molar refractivity (Wildman–Crippen MR) is 104 cm³/mol. The number of fused-ring (bicyclic) bond motifs is 1. The molecule has 0 spiro atoms. The summed E-state index contributed by atoms with van der Waals surface area (Å²) < 4.78 is 2.96. The molecule has 28 heavy (non-hydrogen) atoms. The van der Waals surface area contributed by atoms with Gasteiger partial charge in [-0.3, -0.25) is 29.9 Å². The molecule has 0 saturated carbocycles. The summed E-state index contributed by atoms with van der Waals surface area (Å²) in [4.78, 5) is 37.0. The van der Waals surface area contributed by atoms with Crippen LogP contribution < -0.4 is 16.4 Å². The summed E-state index contributed by atoms with van der Waals surface area (Å²) in [6, 6.07) is 8.69. The summed E-state index contributed by atoms with van der Waals surface area (Å²) in [5.74, 6) is -0.938. The molecule has 0 aliphatic rings. The van der Waals surface area contributed by atoms with Gasteiger partial charge in [-0.15, -0.1) is 0 Å². The van der Waals surface area contributed by atoms with Crippen LogP contribution in [-0.2, 0) is 17.9 Å². The maximum atomic E-state index is 12.6. The summed E-state index contributed by atoms with van der Waals surface area (Å²) >= 11 is 0. The van der Waals surface area contributed by atoms with Crippen LogP contribution in [0, 0.1) is 13.8 Å². The highest BCUT2D eigenvalue weighted by atomic mass is 16.2. The number of carbonyl (C=O) groups is 2. The number of carbonyl (C=O) groups excluding carboxylic acids is 2. The van der Waals surface area contributed by atoms with Crippen molar-refractivity contribution in [3.63, 3.8) is 0 Å². The van der Waals surface area contributed by atoms with Crippen molar-refractivity contribution in [3.8, 4) is 0 Å². The molecule has 2 amide bonds. The standard InChI is InChI=1S/C19H22N6O3/c1-4-24-19(28)15-8-6-5-7-14(15)17(23-24)18(27)21-20-16(26)9-10-25-13(3)11-12(2)22-25/h5-8,11H,4,9-10H2,1-3H3,(H,20,26)(H,21,27). The van der Waals surface area contributed by atoms with E-state index in [0.29, 0.717) is 23.9 Å². The molecule has 0 aliphatic carbocycles. The van der Waals surface area contributed by atoms with E-state index in [4.69, 9.17) is 0 Å². The Morgan fingerprint density at radius 2 is 1.75 bits per heavy atom. The Bertz CT molecular complexity index is 1100. The van der Waals surface area contributed by atoms with Gasteiger partial charge in [0.25, 0.3) is 11.5 Å². The average molecular weight is 382 g/mol. The first kappa shape index (κ1) is 19.3. The van der Waals surface area contributed by atoms with Crippen molar-refractivity contribution in [1.82, 2.24) is 30.4 Å². The number of hydrogen-bond donors (Lipinski definition) is 2. The van der Waals surface area contributed by atoms with Gasteiger partial charge >= 0.3 is 0 Å². The molecule has 0 unspecified atom stereocenters. The number of aryl methyl sites for hydroxylation is 4. The van der Waals surface area contributed by atoms with Crippen LogP contribution in [0.1, 0.15) is 35.2 Å². The number of benzene rings is 1. The van der Waals surface area contributed by atoms with E-state index in [2.05, 4.69) is 21.0 Å². The topological polar surface area (TPSA) is 111 Å². The van der Waals surface area contributed by atoms with Gasteiger partial charge < -0.3 is 0 Å². The van der Waals surface area contributed by atoms with E-state index < -0.39 is 5.91 Å². The van der Waals surface area contributed by atoms with Crippen LogP contribution in [0.2, 0.25) is 0 Å². The molecule has 2 aromatic heterocycles. The second kappa shape index (κ2) is 8.03. The predicted octanol–water partition coefficient (Wildman–Crippen LogP) is 1.08. The summed E-state index contributed by atoms with van der Waals surface area (Å²) in [7, 11) is 0. The highest BCUT2D eigenvalue weighted by molar-refractivity contribution is 6.05. The lowest BCUT2D eigenvalue weighted by Crippen LogP contribution is -2.43. The Morgan fingerprint density at radius 1 is 1.04 bits per heavy atom. The summed E-state index contributed by atoms with van der Waals surface area (Å²) in [6.07, 6.45) is 0.158. The van der Waals surface area contributed by atoms with Gasteiger partial charge in [0.15, 0.2) is 5.69 Å². The molecule has 146 valence electrons. The zero-order chi connectivity index (χ0) is 20.3. The minimum atomic E-state index is -0.585. The van der Waals surface area contributed by atoms with E-state index in [-0.39, 0.29) is 23.6 Å². The monoisotopic (exact) mass is 382 g/mol. The zero-order valence-corrected chi connectivity index (χ0v) is 16.0. The molecule has 0 bridgehead atoms. The highest BCUT2D eigenvalue weighted by Gasteiger charge is 2.16. The fourth-order valence-corrected chi connectivity index (χ4v) is 2.97.